The third kappa shape index (κ3) is 4.19. The maximum atomic E-state index is 12.3. The van der Waals surface area contributed by atoms with E-state index in [1.807, 2.05) is 17.9 Å². The number of carbonyl (C=O) groups is 1. The molecule has 1 aliphatic heterocycles. The van der Waals surface area contributed by atoms with Gasteiger partial charge in [0.1, 0.15) is 0 Å². The molecule has 1 aliphatic rings. The van der Waals surface area contributed by atoms with Crippen LogP contribution in [0.15, 0.2) is 18.5 Å². The van der Waals surface area contributed by atoms with E-state index in [9.17, 15) is 4.79 Å². The van der Waals surface area contributed by atoms with Gasteiger partial charge in [0.05, 0.1) is 0 Å². The fourth-order valence-corrected chi connectivity index (χ4v) is 3.25. The van der Waals surface area contributed by atoms with Crippen LogP contribution >= 0.6 is 0 Å². The number of hydrogen-bond acceptors (Lipinski definition) is 2. The van der Waals surface area contributed by atoms with Gasteiger partial charge in [0.25, 0.3) is 0 Å². The van der Waals surface area contributed by atoms with E-state index in [0.29, 0.717) is 5.41 Å². The molecule has 0 aromatic carbocycles. The first kappa shape index (κ1) is 15.8. The van der Waals surface area contributed by atoms with Crippen molar-refractivity contribution in [2.45, 2.75) is 47.0 Å². The van der Waals surface area contributed by atoms with Crippen LogP contribution in [0.1, 0.15) is 45.6 Å². The predicted octanol–water partition coefficient (Wildman–Crippen LogP) is 4.07. The molecule has 21 heavy (non-hydrogen) atoms. The van der Waals surface area contributed by atoms with Crippen LogP contribution in [-0.4, -0.2) is 29.0 Å². The Bertz CT molecular complexity index is 491. The summed E-state index contributed by atoms with van der Waals surface area (Å²) in [6, 6.07) is 1.86. The molecule has 4 nitrogen and oxygen atoms in total. The second kappa shape index (κ2) is 6.46. The second-order valence-corrected chi connectivity index (χ2v) is 7.02. The maximum absolute atomic E-state index is 12.3. The molecule has 1 aromatic heterocycles. The minimum Gasteiger partial charge on any atom is -0.324 e. The molecule has 2 heterocycles. The first-order chi connectivity index (χ1) is 9.89. The average molecular weight is 289 g/mol. The van der Waals surface area contributed by atoms with E-state index in [2.05, 4.69) is 31.1 Å². The normalized spacial score (nSPS) is 17.9. The van der Waals surface area contributed by atoms with Crippen molar-refractivity contribution in [2.24, 2.45) is 11.3 Å². The minimum atomic E-state index is 0.0101. The number of amides is 2. The molecule has 0 aliphatic carbocycles. The molecule has 0 bridgehead atoms. The number of piperidine rings is 1. The Morgan fingerprint density at radius 1 is 1.43 bits per heavy atom. The van der Waals surface area contributed by atoms with Crippen LogP contribution in [0, 0.1) is 18.3 Å². The predicted molar refractivity (Wildman–Crippen MR) is 86.4 cm³/mol. The first-order valence-electron chi connectivity index (χ1n) is 7.86. The summed E-state index contributed by atoms with van der Waals surface area (Å²) in [5.41, 5.74) is 2.23. The van der Waals surface area contributed by atoms with E-state index in [-0.39, 0.29) is 6.03 Å². The molecule has 0 radical (unpaired) electrons. The van der Waals surface area contributed by atoms with Gasteiger partial charge in [0.2, 0.25) is 0 Å². The molecule has 0 atom stereocenters. The summed E-state index contributed by atoms with van der Waals surface area (Å²) in [5.74, 6) is 0.717. The fourth-order valence-electron chi connectivity index (χ4n) is 3.25. The zero-order valence-corrected chi connectivity index (χ0v) is 13.6. The lowest BCUT2D eigenvalue weighted by Gasteiger charge is -2.40. The Morgan fingerprint density at radius 3 is 2.67 bits per heavy atom. The fraction of sp³-hybridized carbons (Fsp3) is 0.647. The summed E-state index contributed by atoms with van der Waals surface area (Å²) in [5, 5.41) is 3.00. The van der Waals surface area contributed by atoms with Crippen LogP contribution in [0.5, 0.6) is 0 Å². The number of nitrogens with zero attached hydrogens (tertiary/aromatic N) is 2. The molecule has 2 rings (SSSR count). The molecule has 0 unspecified atom stereocenters. The molecule has 4 heteroatoms. The lowest BCUT2D eigenvalue weighted by atomic mass is 9.74. The van der Waals surface area contributed by atoms with Crippen LogP contribution in [-0.2, 0) is 0 Å². The van der Waals surface area contributed by atoms with Crippen LogP contribution in [0.25, 0.3) is 0 Å². The van der Waals surface area contributed by atoms with Gasteiger partial charge < -0.3 is 10.2 Å². The quantitative estimate of drug-likeness (QED) is 0.911. The summed E-state index contributed by atoms with van der Waals surface area (Å²) in [7, 11) is 0. The Morgan fingerprint density at radius 2 is 2.10 bits per heavy atom. The number of carbonyl (C=O) groups excluding carboxylic acids is 1. The minimum absolute atomic E-state index is 0.0101. The number of anilines is 1. The molecule has 0 spiro atoms. The van der Waals surface area contributed by atoms with Crippen LogP contribution in [0.4, 0.5) is 10.5 Å². The monoisotopic (exact) mass is 289 g/mol. The number of nitrogens with one attached hydrogen (secondary N) is 1. The number of rotatable bonds is 3. The Kier molecular flexibility index (Phi) is 4.86. The molecule has 2 amide bonds. The number of aryl methyl sites for hydroxylation is 1. The van der Waals surface area contributed by atoms with Gasteiger partial charge in [-0.25, -0.2) is 4.79 Å². The van der Waals surface area contributed by atoms with Gasteiger partial charge in [-0.15, -0.1) is 0 Å². The topological polar surface area (TPSA) is 45.2 Å². The highest BCUT2D eigenvalue weighted by molar-refractivity contribution is 5.90. The van der Waals surface area contributed by atoms with Crippen molar-refractivity contribution >= 4 is 11.7 Å². The van der Waals surface area contributed by atoms with Crippen molar-refractivity contribution in [3.05, 3.63) is 24.0 Å². The summed E-state index contributed by atoms with van der Waals surface area (Å²) in [6.07, 6.45) is 6.90. The van der Waals surface area contributed by atoms with E-state index in [1.165, 1.54) is 6.42 Å². The van der Waals surface area contributed by atoms with Crippen molar-refractivity contribution in [2.75, 3.05) is 18.4 Å². The summed E-state index contributed by atoms with van der Waals surface area (Å²) in [4.78, 5) is 18.3. The molecule has 1 N–H and O–H groups in total. The molecule has 1 aromatic rings. The zero-order chi connectivity index (χ0) is 15.5. The summed E-state index contributed by atoms with van der Waals surface area (Å²) in [6.45, 7) is 10.6. The maximum Gasteiger partial charge on any atom is 0.321 e. The summed E-state index contributed by atoms with van der Waals surface area (Å²) < 4.78 is 0. The van der Waals surface area contributed by atoms with E-state index in [4.69, 9.17) is 0 Å². The molecule has 0 saturated carbocycles. The largest absolute Gasteiger partial charge is 0.324 e. The lowest BCUT2D eigenvalue weighted by Crippen LogP contribution is -2.44. The second-order valence-electron chi connectivity index (χ2n) is 7.02. The van der Waals surface area contributed by atoms with Gasteiger partial charge in [-0.2, -0.15) is 0 Å². The molecular weight excluding hydrogens is 262 g/mol. The van der Waals surface area contributed by atoms with Crippen molar-refractivity contribution in [3.8, 4) is 0 Å². The molecular formula is C17H27N3O. The highest BCUT2D eigenvalue weighted by atomic mass is 16.2. The Hall–Kier alpha value is -1.58. The zero-order valence-electron chi connectivity index (χ0n) is 13.6. The standard InChI is InChI=1S/C17H27N3O/c1-13(2)11-17(4)6-9-20(10-7-17)16(21)19-15-5-8-18-12-14(15)3/h5,8,12-13H,6-7,9-11H2,1-4H3,(H,18,19,21). The number of pyridine rings is 1. The molecule has 116 valence electrons. The first-order valence-corrected chi connectivity index (χ1v) is 7.86. The SMILES string of the molecule is Cc1cnccc1NC(=O)N1CCC(C)(CC(C)C)CC1. The number of aromatic nitrogens is 1. The van der Waals surface area contributed by atoms with Crippen molar-refractivity contribution in [1.82, 2.24) is 9.88 Å². The molecule has 1 fully saturated rings. The van der Waals surface area contributed by atoms with Gasteiger partial charge in [-0.3, -0.25) is 4.98 Å². The highest BCUT2D eigenvalue weighted by Crippen LogP contribution is 2.37. The third-order valence-corrected chi connectivity index (χ3v) is 4.42. The van der Waals surface area contributed by atoms with Crippen molar-refractivity contribution in [3.63, 3.8) is 0 Å². The van der Waals surface area contributed by atoms with Gasteiger partial charge in [0, 0.05) is 31.2 Å². The van der Waals surface area contributed by atoms with E-state index in [1.54, 1.807) is 12.4 Å². The van der Waals surface area contributed by atoms with Crippen molar-refractivity contribution in [1.29, 1.82) is 0 Å². The van der Waals surface area contributed by atoms with E-state index >= 15 is 0 Å². The third-order valence-electron chi connectivity index (χ3n) is 4.42. The Balaban J connectivity index is 1.90. The summed E-state index contributed by atoms with van der Waals surface area (Å²) >= 11 is 0. The molecule has 1 saturated heterocycles. The van der Waals surface area contributed by atoms with E-state index < -0.39 is 0 Å². The van der Waals surface area contributed by atoms with Gasteiger partial charge in [0.15, 0.2) is 0 Å². The number of hydrogen-bond donors (Lipinski definition) is 1. The van der Waals surface area contributed by atoms with Gasteiger partial charge in [-0.1, -0.05) is 20.8 Å². The lowest BCUT2D eigenvalue weighted by molar-refractivity contribution is 0.117. The van der Waals surface area contributed by atoms with Gasteiger partial charge in [-0.05, 0) is 49.1 Å². The van der Waals surface area contributed by atoms with E-state index in [0.717, 1.165) is 43.1 Å². The Labute approximate surface area is 127 Å². The van der Waals surface area contributed by atoms with Crippen LogP contribution < -0.4 is 5.32 Å². The van der Waals surface area contributed by atoms with Crippen LogP contribution in [0.3, 0.4) is 0 Å². The average Bonchev–Trinajstić information content (AvgIpc) is 2.40. The van der Waals surface area contributed by atoms with Crippen LogP contribution in [0.2, 0.25) is 0 Å². The smallest absolute Gasteiger partial charge is 0.321 e. The van der Waals surface area contributed by atoms with Gasteiger partial charge >= 0.3 is 6.03 Å². The highest BCUT2D eigenvalue weighted by Gasteiger charge is 2.32. The number of likely N-dealkylation sites (tertiary alicyclic amines) is 1. The van der Waals surface area contributed by atoms with Crippen molar-refractivity contribution < 1.29 is 4.79 Å². The number of urea groups is 1.